The average Bonchev–Trinajstić information content (AvgIpc) is 2.55. The van der Waals surface area contributed by atoms with Crippen LogP contribution in [0.3, 0.4) is 0 Å². The summed E-state index contributed by atoms with van der Waals surface area (Å²) < 4.78 is 18.2. The summed E-state index contributed by atoms with van der Waals surface area (Å²) in [6.07, 6.45) is 0.893. The summed E-state index contributed by atoms with van der Waals surface area (Å²) in [5.74, 6) is 0.404. The summed E-state index contributed by atoms with van der Waals surface area (Å²) in [6, 6.07) is 6.62. The third-order valence-corrected chi connectivity index (χ3v) is 3.72. The minimum Gasteiger partial charge on any atom is -0.382 e. The van der Waals surface area contributed by atoms with Crippen molar-refractivity contribution in [1.29, 1.82) is 0 Å². The standard InChI is InChI=1S/C16H25FN4O.HI/c1-2-22-13-3-8-19-16(18)21-11-9-20(10-12-21)15-6-4-14(17)5-7-15;/h4-7H,2-3,8-13H2,1H3,(H2,18,19);1H. The zero-order chi connectivity index (χ0) is 15.8. The summed E-state index contributed by atoms with van der Waals surface area (Å²) in [5.41, 5.74) is 7.08. The minimum atomic E-state index is -0.203. The van der Waals surface area contributed by atoms with Crippen LogP contribution in [0.25, 0.3) is 0 Å². The van der Waals surface area contributed by atoms with Gasteiger partial charge in [-0.3, -0.25) is 4.99 Å². The SMILES string of the molecule is CCOCCCN=C(N)N1CCN(c2ccc(F)cc2)CC1.I. The highest BCUT2D eigenvalue weighted by atomic mass is 127. The van der Waals surface area contributed by atoms with Gasteiger partial charge < -0.3 is 20.3 Å². The number of hydrogen-bond acceptors (Lipinski definition) is 3. The number of halogens is 2. The molecule has 0 aliphatic carbocycles. The van der Waals surface area contributed by atoms with Gasteiger partial charge in [0.25, 0.3) is 0 Å². The number of ether oxygens (including phenoxy) is 1. The second kappa shape index (κ2) is 10.6. The van der Waals surface area contributed by atoms with Gasteiger partial charge >= 0.3 is 0 Å². The van der Waals surface area contributed by atoms with E-state index in [-0.39, 0.29) is 29.8 Å². The van der Waals surface area contributed by atoms with Gasteiger partial charge in [-0.05, 0) is 37.6 Å². The number of guanidine groups is 1. The van der Waals surface area contributed by atoms with Crippen LogP contribution in [0.1, 0.15) is 13.3 Å². The van der Waals surface area contributed by atoms with Crippen LogP contribution in [0.5, 0.6) is 0 Å². The number of aliphatic imine (C=N–C) groups is 1. The third kappa shape index (κ3) is 6.50. The van der Waals surface area contributed by atoms with Crippen LogP contribution < -0.4 is 10.6 Å². The molecule has 0 radical (unpaired) electrons. The topological polar surface area (TPSA) is 54.1 Å². The summed E-state index contributed by atoms with van der Waals surface area (Å²) in [6.45, 7) is 7.54. The zero-order valence-corrected chi connectivity index (χ0v) is 15.9. The zero-order valence-electron chi connectivity index (χ0n) is 13.6. The Labute approximate surface area is 154 Å². The first-order valence-corrected chi connectivity index (χ1v) is 7.84. The predicted octanol–water partition coefficient (Wildman–Crippen LogP) is 2.31. The van der Waals surface area contributed by atoms with Crippen LogP contribution in [0.4, 0.5) is 10.1 Å². The summed E-state index contributed by atoms with van der Waals surface area (Å²) in [5, 5.41) is 0. The first kappa shape index (κ1) is 20.0. The maximum Gasteiger partial charge on any atom is 0.191 e. The Bertz CT molecular complexity index is 475. The molecule has 1 aromatic rings. The molecule has 0 aromatic heterocycles. The molecule has 1 heterocycles. The van der Waals surface area contributed by atoms with E-state index in [1.165, 1.54) is 12.1 Å². The van der Waals surface area contributed by atoms with Gasteiger partial charge in [-0.15, -0.1) is 24.0 Å². The van der Waals surface area contributed by atoms with Crippen molar-refractivity contribution >= 4 is 35.6 Å². The average molecular weight is 436 g/mol. The maximum atomic E-state index is 12.9. The molecule has 0 unspecified atom stereocenters. The van der Waals surface area contributed by atoms with E-state index >= 15 is 0 Å². The molecule has 0 bridgehead atoms. The van der Waals surface area contributed by atoms with Crippen LogP contribution in [0.15, 0.2) is 29.3 Å². The molecule has 130 valence electrons. The Hall–Kier alpha value is -1.09. The Morgan fingerprint density at radius 2 is 1.87 bits per heavy atom. The molecule has 1 fully saturated rings. The quantitative estimate of drug-likeness (QED) is 0.322. The lowest BCUT2D eigenvalue weighted by molar-refractivity contribution is 0.146. The summed E-state index contributed by atoms with van der Waals surface area (Å²) >= 11 is 0. The second-order valence-corrected chi connectivity index (χ2v) is 5.24. The maximum absolute atomic E-state index is 12.9. The van der Waals surface area contributed by atoms with Gasteiger partial charge in [-0.25, -0.2) is 4.39 Å². The predicted molar refractivity (Wildman–Crippen MR) is 103 cm³/mol. The second-order valence-electron chi connectivity index (χ2n) is 5.24. The molecule has 0 spiro atoms. The van der Waals surface area contributed by atoms with E-state index in [4.69, 9.17) is 10.5 Å². The van der Waals surface area contributed by atoms with E-state index in [0.29, 0.717) is 12.5 Å². The molecular weight excluding hydrogens is 410 g/mol. The minimum absolute atomic E-state index is 0. The lowest BCUT2D eigenvalue weighted by Gasteiger charge is -2.36. The molecule has 7 heteroatoms. The molecule has 0 amide bonds. The van der Waals surface area contributed by atoms with Gasteiger partial charge in [0.15, 0.2) is 5.96 Å². The van der Waals surface area contributed by atoms with Gasteiger partial charge in [-0.2, -0.15) is 0 Å². The Kier molecular flexibility index (Phi) is 9.23. The lowest BCUT2D eigenvalue weighted by atomic mass is 10.2. The summed E-state index contributed by atoms with van der Waals surface area (Å²) in [4.78, 5) is 8.73. The molecule has 1 aromatic carbocycles. The molecule has 2 rings (SSSR count). The molecule has 2 N–H and O–H groups in total. The Morgan fingerprint density at radius 1 is 1.22 bits per heavy atom. The van der Waals surface area contributed by atoms with Crippen molar-refractivity contribution < 1.29 is 9.13 Å². The highest BCUT2D eigenvalue weighted by molar-refractivity contribution is 14.0. The number of anilines is 1. The van der Waals surface area contributed by atoms with E-state index in [9.17, 15) is 4.39 Å². The largest absolute Gasteiger partial charge is 0.382 e. The number of hydrogen-bond donors (Lipinski definition) is 1. The van der Waals surface area contributed by atoms with E-state index < -0.39 is 0 Å². The van der Waals surface area contributed by atoms with Gasteiger partial charge in [0.2, 0.25) is 0 Å². The van der Waals surface area contributed by atoms with Crippen LogP contribution in [0.2, 0.25) is 0 Å². The van der Waals surface area contributed by atoms with E-state index in [1.807, 2.05) is 19.1 Å². The van der Waals surface area contributed by atoms with Crippen molar-refractivity contribution in [2.45, 2.75) is 13.3 Å². The van der Waals surface area contributed by atoms with Gasteiger partial charge in [-0.1, -0.05) is 0 Å². The number of benzene rings is 1. The van der Waals surface area contributed by atoms with Gasteiger partial charge in [0.05, 0.1) is 0 Å². The van der Waals surface area contributed by atoms with Crippen molar-refractivity contribution in [3.05, 3.63) is 30.1 Å². The van der Waals surface area contributed by atoms with Crippen molar-refractivity contribution in [3.8, 4) is 0 Å². The number of nitrogens with zero attached hydrogens (tertiary/aromatic N) is 3. The summed E-state index contributed by atoms with van der Waals surface area (Å²) in [7, 11) is 0. The molecule has 0 saturated carbocycles. The first-order valence-electron chi connectivity index (χ1n) is 7.84. The third-order valence-electron chi connectivity index (χ3n) is 3.72. The monoisotopic (exact) mass is 436 g/mol. The fourth-order valence-corrected chi connectivity index (χ4v) is 2.45. The van der Waals surface area contributed by atoms with E-state index in [2.05, 4.69) is 14.8 Å². The fraction of sp³-hybridized carbons (Fsp3) is 0.562. The number of nitrogens with two attached hydrogens (primary N) is 1. The van der Waals surface area contributed by atoms with E-state index in [0.717, 1.165) is 51.5 Å². The molecule has 23 heavy (non-hydrogen) atoms. The van der Waals surface area contributed by atoms with Crippen molar-refractivity contribution in [2.75, 3.05) is 50.8 Å². The first-order chi connectivity index (χ1) is 10.7. The van der Waals surface area contributed by atoms with Crippen molar-refractivity contribution in [3.63, 3.8) is 0 Å². The van der Waals surface area contributed by atoms with Crippen molar-refractivity contribution in [2.24, 2.45) is 10.7 Å². The Balaban J connectivity index is 0.00000264. The molecular formula is C16H26FIN4O. The molecule has 0 atom stereocenters. The smallest absolute Gasteiger partial charge is 0.191 e. The van der Waals surface area contributed by atoms with Crippen LogP contribution in [0, 0.1) is 5.82 Å². The Morgan fingerprint density at radius 3 is 2.48 bits per heavy atom. The van der Waals surface area contributed by atoms with Crippen LogP contribution in [-0.4, -0.2) is 56.8 Å². The van der Waals surface area contributed by atoms with Crippen molar-refractivity contribution in [1.82, 2.24) is 4.90 Å². The number of piperazine rings is 1. The highest BCUT2D eigenvalue weighted by Gasteiger charge is 2.18. The van der Waals surface area contributed by atoms with Crippen LogP contribution in [-0.2, 0) is 4.74 Å². The molecule has 1 aliphatic rings. The van der Waals surface area contributed by atoms with Crippen LogP contribution >= 0.6 is 24.0 Å². The fourth-order valence-electron chi connectivity index (χ4n) is 2.45. The normalized spacial score (nSPS) is 15.5. The molecule has 5 nitrogen and oxygen atoms in total. The molecule has 1 aliphatic heterocycles. The van der Waals surface area contributed by atoms with Gasteiger partial charge in [0.1, 0.15) is 5.82 Å². The van der Waals surface area contributed by atoms with Gasteiger partial charge in [0, 0.05) is 51.6 Å². The highest BCUT2D eigenvalue weighted by Crippen LogP contribution is 2.16. The lowest BCUT2D eigenvalue weighted by Crippen LogP contribution is -2.51. The number of rotatable bonds is 6. The molecule has 1 saturated heterocycles. The van der Waals surface area contributed by atoms with E-state index in [1.54, 1.807) is 0 Å².